The molecule has 0 rings (SSSR count). The van der Waals surface area contributed by atoms with Crippen LogP contribution in [-0.2, 0) is 0 Å². The maximum atomic E-state index is 3.66. The van der Waals surface area contributed by atoms with Crippen LogP contribution in [-0.4, -0.2) is 62.2 Å². The summed E-state index contributed by atoms with van der Waals surface area (Å²) >= 11 is 0. The van der Waals surface area contributed by atoms with Crippen LogP contribution in [0.5, 0.6) is 0 Å². The molecule has 0 amide bonds. The van der Waals surface area contributed by atoms with Gasteiger partial charge in [-0.25, -0.2) is 0 Å². The summed E-state index contributed by atoms with van der Waals surface area (Å²) in [5, 5.41) is 3.66. The zero-order valence-electron chi connectivity index (χ0n) is 18.8. The lowest BCUT2D eigenvalue weighted by Crippen LogP contribution is -2.35. The highest BCUT2D eigenvalue weighted by Crippen LogP contribution is 2.05. The van der Waals surface area contributed by atoms with Gasteiger partial charge < -0.3 is 15.1 Å². The average Bonchev–Trinajstić information content (AvgIpc) is 2.43. The van der Waals surface area contributed by atoms with Crippen LogP contribution >= 0.6 is 0 Å². The molecule has 0 aromatic heterocycles. The second-order valence-electron chi connectivity index (χ2n) is 9.55. The molecule has 3 heteroatoms. The van der Waals surface area contributed by atoms with E-state index in [9.17, 15) is 0 Å². The molecule has 3 nitrogen and oxygen atoms in total. The molecule has 0 saturated carbocycles. The van der Waals surface area contributed by atoms with E-state index in [0.29, 0.717) is 0 Å². The number of hydrogen-bond donors (Lipinski definition) is 1. The van der Waals surface area contributed by atoms with Gasteiger partial charge in [0.25, 0.3) is 0 Å². The lowest BCUT2D eigenvalue weighted by molar-refractivity contribution is 0.212. The van der Waals surface area contributed by atoms with Gasteiger partial charge in [0, 0.05) is 26.2 Å². The first-order valence-electron chi connectivity index (χ1n) is 10.9. The lowest BCUT2D eigenvalue weighted by atomic mass is 10.1. The van der Waals surface area contributed by atoms with Gasteiger partial charge >= 0.3 is 0 Å². The van der Waals surface area contributed by atoms with Gasteiger partial charge in [-0.1, -0.05) is 55.4 Å². The van der Waals surface area contributed by atoms with Crippen LogP contribution in [0.1, 0.15) is 68.2 Å². The Labute approximate surface area is 159 Å². The largest absolute Gasteiger partial charge is 0.317 e. The van der Waals surface area contributed by atoms with Crippen LogP contribution in [0.15, 0.2) is 0 Å². The molecule has 0 aliphatic heterocycles. The summed E-state index contributed by atoms with van der Waals surface area (Å²) < 4.78 is 0. The molecular weight excluding hydrogens is 306 g/mol. The van der Waals surface area contributed by atoms with E-state index < -0.39 is 0 Å². The molecule has 0 aromatic carbocycles. The summed E-state index contributed by atoms with van der Waals surface area (Å²) in [5.74, 6) is 3.05. The van der Waals surface area contributed by atoms with Crippen molar-refractivity contribution in [3.05, 3.63) is 0 Å². The Morgan fingerprint density at radius 2 is 0.800 bits per heavy atom. The fourth-order valence-electron chi connectivity index (χ4n) is 3.56. The predicted molar refractivity (Wildman–Crippen MR) is 114 cm³/mol. The van der Waals surface area contributed by atoms with Crippen molar-refractivity contribution in [3.8, 4) is 0 Å². The van der Waals surface area contributed by atoms with E-state index in [1.54, 1.807) is 0 Å². The first-order valence-corrected chi connectivity index (χ1v) is 10.9. The van der Waals surface area contributed by atoms with Crippen LogP contribution in [0, 0.1) is 23.7 Å². The van der Waals surface area contributed by atoms with Crippen LogP contribution in [0.25, 0.3) is 0 Å². The SMILES string of the molecule is CC(C)CN(CCCNCCCN(CC(C)C)CC(C)C)CC(C)C. The molecule has 0 heterocycles. The topological polar surface area (TPSA) is 18.5 Å². The summed E-state index contributed by atoms with van der Waals surface area (Å²) in [6.45, 7) is 28.3. The average molecular weight is 356 g/mol. The third-order valence-corrected chi connectivity index (χ3v) is 4.15. The van der Waals surface area contributed by atoms with Crippen LogP contribution in [0.4, 0.5) is 0 Å². The van der Waals surface area contributed by atoms with Crippen LogP contribution in [0.3, 0.4) is 0 Å². The highest BCUT2D eigenvalue weighted by Gasteiger charge is 2.10. The summed E-state index contributed by atoms with van der Waals surface area (Å²) in [6.07, 6.45) is 2.53. The van der Waals surface area contributed by atoms with Crippen molar-refractivity contribution in [2.45, 2.75) is 68.2 Å². The van der Waals surface area contributed by atoms with Gasteiger partial charge in [0.15, 0.2) is 0 Å². The smallest absolute Gasteiger partial charge is 0.000450 e. The minimum absolute atomic E-state index is 0.764. The molecule has 0 atom stereocenters. The molecule has 152 valence electrons. The minimum Gasteiger partial charge on any atom is -0.317 e. The number of rotatable bonds is 16. The number of nitrogens with one attached hydrogen (secondary N) is 1. The van der Waals surface area contributed by atoms with Gasteiger partial charge in [-0.15, -0.1) is 0 Å². The fraction of sp³-hybridized carbons (Fsp3) is 1.00. The van der Waals surface area contributed by atoms with E-state index in [2.05, 4.69) is 70.5 Å². The monoisotopic (exact) mass is 355 g/mol. The van der Waals surface area contributed by atoms with Gasteiger partial charge in [0.05, 0.1) is 0 Å². The lowest BCUT2D eigenvalue weighted by Gasteiger charge is -2.26. The van der Waals surface area contributed by atoms with Crippen molar-refractivity contribution in [2.75, 3.05) is 52.4 Å². The first kappa shape index (κ1) is 24.9. The van der Waals surface area contributed by atoms with Gasteiger partial charge in [-0.2, -0.15) is 0 Å². The van der Waals surface area contributed by atoms with E-state index in [4.69, 9.17) is 0 Å². The molecule has 0 spiro atoms. The predicted octanol–water partition coefficient (Wildman–Crippen LogP) is 4.58. The molecule has 0 aromatic rings. The first-order chi connectivity index (χ1) is 11.7. The van der Waals surface area contributed by atoms with E-state index in [1.807, 2.05) is 0 Å². The van der Waals surface area contributed by atoms with Crippen molar-refractivity contribution in [3.63, 3.8) is 0 Å². The summed E-state index contributed by atoms with van der Waals surface area (Å²) in [6, 6.07) is 0. The van der Waals surface area contributed by atoms with E-state index in [-0.39, 0.29) is 0 Å². The molecule has 0 aliphatic carbocycles. The van der Waals surface area contributed by atoms with Crippen LogP contribution < -0.4 is 5.32 Å². The zero-order valence-corrected chi connectivity index (χ0v) is 18.8. The second kappa shape index (κ2) is 15.0. The Morgan fingerprint density at radius 3 is 1.04 bits per heavy atom. The number of nitrogens with zero attached hydrogens (tertiary/aromatic N) is 2. The molecule has 0 radical (unpaired) electrons. The van der Waals surface area contributed by atoms with Gasteiger partial charge in [0.1, 0.15) is 0 Å². The molecule has 0 fully saturated rings. The van der Waals surface area contributed by atoms with Crippen molar-refractivity contribution >= 4 is 0 Å². The van der Waals surface area contributed by atoms with Gasteiger partial charge in [0.2, 0.25) is 0 Å². The van der Waals surface area contributed by atoms with Crippen molar-refractivity contribution in [1.29, 1.82) is 0 Å². The maximum absolute atomic E-state index is 3.66. The van der Waals surface area contributed by atoms with Crippen molar-refractivity contribution in [2.24, 2.45) is 23.7 Å². The molecule has 0 bridgehead atoms. The zero-order chi connectivity index (χ0) is 19.2. The Morgan fingerprint density at radius 1 is 0.520 bits per heavy atom. The molecule has 25 heavy (non-hydrogen) atoms. The summed E-state index contributed by atoms with van der Waals surface area (Å²) in [5.41, 5.74) is 0. The molecule has 1 N–H and O–H groups in total. The Hall–Kier alpha value is -0.120. The minimum atomic E-state index is 0.764. The summed E-state index contributed by atoms with van der Waals surface area (Å²) in [4.78, 5) is 5.29. The Kier molecular flexibility index (Phi) is 14.9. The molecule has 0 aliphatic rings. The highest BCUT2D eigenvalue weighted by molar-refractivity contribution is 4.65. The van der Waals surface area contributed by atoms with E-state index >= 15 is 0 Å². The Bertz CT molecular complexity index is 239. The van der Waals surface area contributed by atoms with Crippen molar-refractivity contribution < 1.29 is 0 Å². The molecular formula is C22H49N3. The van der Waals surface area contributed by atoms with Crippen LogP contribution in [0.2, 0.25) is 0 Å². The van der Waals surface area contributed by atoms with E-state index in [0.717, 1.165) is 36.8 Å². The fourth-order valence-corrected chi connectivity index (χ4v) is 3.56. The summed E-state index contributed by atoms with van der Waals surface area (Å²) in [7, 11) is 0. The Balaban J connectivity index is 3.84. The molecule has 0 saturated heterocycles. The third-order valence-electron chi connectivity index (χ3n) is 4.15. The normalized spacial score (nSPS) is 12.7. The van der Waals surface area contributed by atoms with Gasteiger partial charge in [-0.05, 0) is 62.7 Å². The van der Waals surface area contributed by atoms with E-state index in [1.165, 1.54) is 52.1 Å². The number of hydrogen-bond acceptors (Lipinski definition) is 3. The van der Waals surface area contributed by atoms with Crippen molar-refractivity contribution in [1.82, 2.24) is 15.1 Å². The van der Waals surface area contributed by atoms with Gasteiger partial charge in [-0.3, -0.25) is 0 Å². The molecule has 0 unspecified atom stereocenters. The third kappa shape index (κ3) is 17.1. The quantitative estimate of drug-likeness (QED) is 0.409. The highest BCUT2D eigenvalue weighted by atomic mass is 15.1. The second-order valence-corrected chi connectivity index (χ2v) is 9.55. The standard InChI is InChI=1S/C22H49N3/c1-19(2)15-24(16-20(3)4)13-9-11-23-12-10-14-25(17-21(5)6)18-22(7)8/h19-23H,9-18H2,1-8H3. The maximum Gasteiger partial charge on any atom is 0.000450 e.